The number of carbonyl (C=O) groups excluding carboxylic acids is 1. The summed E-state index contributed by atoms with van der Waals surface area (Å²) in [6, 6.07) is 14.2. The Hall–Kier alpha value is -2.09. The van der Waals surface area contributed by atoms with Crippen LogP contribution < -0.4 is 4.74 Å². The molecule has 0 aromatic heterocycles. The van der Waals surface area contributed by atoms with Gasteiger partial charge in [-0.05, 0) is 43.5 Å². The van der Waals surface area contributed by atoms with Crippen molar-refractivity contribution < 1.29 is 9.53 Å². The molecule has 0 atom stereocenters. The highest BCUT2D eigenvalue weighted by Crippen LogP contribution is 2.14. The molecule has 2 aromatic rings. The van der Waals surface area contributed by atoms with Crippen molar-refractivity contribution in [3.05, 3.63) is 64.7 Å². The zero-order chi connectivity index (χ0) is 15.2. The number of rotatable bonds is 6. The SMILES string of the molecule is COc1ccc(CCC(=O)Cc2cc(C)cc(C)c2)cc1. The zero-order valence-corrected chi connectivity index (χ0v) is 13.0. The van der Waals surface area contributed by atoms with Gasteiger partial charge in [0.05, 0.1) is 7.11 Å². The van der Waals surface area contributed by atoms with Crippen molar-refractivity contribution in [2.45, 2.75) is 33.1 Å². The minimum atomic E-state index is 0.288. The van der Waals surface area contributed by atoms with Crippen molar-refractivity contribution in [2.75, 3.05) is 7.11 Å². The predicted octanol–water partition coefficient (Wildman–Crippen LogP) is 4.06. The molecule has 0 saturated carbocycles. The summed E-state index contributed by atoms with van der Waals surface area (Å²) in [5.74, 6) is 1.14. The maximum atomic E-state index is 12.1. The monoisotopic (exact) mass is 282 g/mol. The number of ether oxygens (including phenoxy) is 1. The molecule has 0 radical (unpaired) electrons. The van der Waals surface area contributed by atoms with E-state index in [9.17, 15) is 4.79 Å². The molecule has 0 fully saturated rings. The molecule has 0 N–H and O–H groups in total. The Kier molecular flexibility index (Phi) is 5.15. The number of hydrogen-bond donors (Lipinski definition) is 0. The van der Waals surface area contributed by atoms with Crippen molar-refractivity contribution in [3.8, 4) is 5.75 Å². The third kappa shape index (κ3) is 4.75. The summed E-state index contributed by atoms with van der Waals surface area (Å²) < 4.78 is 5.13. The van der Waals surface area contributed by atoms with Gasteiger partial charge in [-0.2, -0.15) is 0 Å². The summed E-state index contributed by atoms with van der Waals surface area (Å²) in [5, 5.41) is 0. The molecular weight excluding hydrogens is 260 g/mol. The molecule has 0 saturated heterocycles. The highest BCUT2D eigenvalue weighted by atomic mass is 16.5. The molecule has 2 nitrogen and oxygen atoms in total. The van der Waals surface area contributed by atoms with Crippen LogP contribution in [0.15, 0.2) is 42.5 Å². The number of ketones is 1. The van der Waals surface area contributed by atoms with Crippen LogP contribution in [0.3, 0.4) is 0 Å². The normalized spacial score (nSPS) is 10.4. The van der Waals surface area contributed by atoms with E-state index in [1.54, 1.807) is 7.11 Å². The van der Waals surface area contributed by atoms with Crippen LogP contribution in [0.1, 0.15) is 28.7 Å². The maximum Gasteiger partial charge on any atom is 0.137 e. The van der Waals surface area contributed by atoms with E-state index in [0.29, 0.717) is 12.8 Å². The van der Waals surface area contributed by atoms with Crippen LogP contribution in [0.2, 0.25) is 0 Å². The number of aryl methyl sites for hydroxylation is 3. The van der Waals surface area contributed by atoms with Crippen LogP contribution >= 0.6 is 0 Å². The molecule has 2 aromatic carbocycles. The molecule has 21 heavy (non-hydrogen) atoms. The van der Waals surface area contributed by atoms with Gasteiger partial charge >= 0.3 is 0 Å². The molecule has 0 unspecified atom stereocenters. The number of hydrogen-bond acceptors (Lipinski definition) is 2. The van der Waals surface area contributed by atoms with Crippen molar-refractivity contribution >= 4 is 5.78 Å². The fourth-order valence-corrected chi connectivity index (χ4v) is 2.56. The fraction of sp³-hybridized carbons (Fsp3) is 0.316. The third-order valence-electron chi connectivity index (χ3n) is 3.53. The highest BCUT2D eigenvalue weighted by Gasteiger charge is 2.06. The van der Waals surface area contributed by atoms with E-state index in [1.165, 1.54) is 16.7 Å². The quantitative estimate of drug-likeness (QED) is 0.798. The Balaban J connectivity index is 1.89. The lowest BCUT2D eigenvalue weighted by molar-refractivity contribution is -0.118. The summed E-state index contributed by atoms with van der Waals surface area (Å²) in [6.07, 6.45) is 1.89. The second-order valence-electron chi connectivity index (χ2n) is 5.56. The van der Waals surface area contributed by atoms with Crippen molar-refractivity contribution in [1.29, 1.82) is 0 Å². The zero-order valence-electron chi connectivity index (χ0n) is 13.0. The van der Waals surface area contributed by atoms with E-state index >= 15 is 0 Å². The van der Waals surface area contributed by atoms with Crippen molar-refractivity contribution in [1.82, 2.24) is 0 Å². The van der Waals surface area contributed by atoms with Gasteiger partial charge in [0.1, 0.15) is 11.5 Å². The van der Waals surface area contributed by atoms with Crippen molar-refractivity contribution in [2.24, 2.45) is 0 Å². The summed E-state index contributed by atoms with van der Waals surface area (Å²) in [6.45, 7) is 4.14. The molecule has 110 valence electrons. The fourth-order valence-electron chi connectivity index (χ4n) is 2.56. The van der Waals surface area contributed by atoms with Crippen LogP contribution in [0.25, 0.3) is 0 Å². The summed E-state index contributed by atoms with van der Waals surface area (Å²) >= 11 is 0. The Morgan fingerprint density at radius 3 is 2.14 bits per heavy atom. The number of benzene rings is 2. The number of methoxy groups -OCH3 is 1. The number of carbonyl (C=O) groups is 1. The molecule has 2 heteroatoms. The first kappa shape index (κ1) is 15.3. The van der Waals surface area contributed by atoms with Gasteiger partial charge < -0.3 is 4.74 Å². The van der Waals surface area contributed by atoms with Crippen LogP contribution in [-0.4, -0.2) is 12.9 Å². The Morgan fingerprint density at radius 1 is 0.952 bits per heavy atom. The second kappa shape index (κ2) is 7.07. The molecule has 0 aliphatic heterocycles. The van der Waals surface area contributed by atoms with Crippen molar-refractivity contribution in [3.63, 3.8) is 0 Å². The lowest BCUT2D eigenvalue weighted by atomic mass is 10.00. The molecule has 0 amide bonds. The average Bonchev–Trinajstić information content (AvgIpc) is 2.44. The number of Topliss-reactive ketones (excluding diaryl/α,β-unsaturated/α-hetero) is 1. The van der Waals surface area contributed by atoms with E-state index in [1.807, 2.05) is 24.3 Å². The Bertz CT molecular complexity index is 592. The van der Waals surface area contributed by atoms with Gasteiger partial charge in [-0.3, -0.25) is 4.79 Å². The molecule has 0 heterocycles. The van der Waals surface area contributed by atoms with Crippen LogP contribution in [-0.2, 0) is 17.6 Å². The minimum Gasteiger partial charge on any atom is -0.497 e. The topological polar surface area (TPSA) is 26.3 Å². The van der Waals surface area contributed by atoms with E-state index in [-0.39, 0.29) is 5.78 Å². The van der Waals surface area contributed by atoms with Gasteiger partial charge in [0.2, 0.25) is 0 Å². The minimum absolute atomic E-state index is 0.288. The van der Waals surface area contributed by atoms with Gasteiger partial charge in [0.15, 0.2) is 0 Å². The van der Waals surface area contributed by atoms with E-state index in [0.717, 1.165) is 17.7 Å². The molecule has 2 rings (SSSR count). The first-order chi connectivity index (χ1) is 10.1. The van der Waals surface area contributed by atoms with Crippen LogP contribution in [0, 0.1) is 13.8 Å². The van der Waals surface area contributed by atoms with E-state index in [4.69, 9.17) is 4.74 Å². The molecule has 0 bridgehead atoms. The average molecular weight is 282 g/mol. The van der Waals surface area contributed by atoms with Crippen LogP contribution in [0.4, 0.5) is 0 Å². The standard InChI is InChI=1S/C19H22O2/c1-14-10-15(2)12-17(11-14)13-18(20)7-4-16-5-8-19(21-3)9-6-16/h5-6,8-12H,4,7,13H2,1-3H3. The van der Waals surface area contributed by atoms with Gasteiger partial charge in [-0.15, -0.1) is 0 Å². The third-order valence-corrected chi connectivity index (χ3v) is 3.53. The lowest BCUT2D eigenvalue weighted by Gasteiger charge is -2.06. The van der Waals surface area contributed by atoms with E-state index in [2.05, 4.69) is 32.0 Å². The molecule has 0 aliphatic rings. The summed E-state index contributed by atoms with van der Waals surface area (Å²) in [7, 11) is 1.66. The van der Waals surface area contributed by atoms with Gasteiger partial charge in [-0.1, -0.05) is 41.5 Å². The largest absolute Gasteiger partial charge is 0.497 e. The van der Waals surface area contributed by atoms with E-state index < -0.39 is 0 Å². The highest BCUT2D eigenvalue weighted by molar-refractivity contribution is 5.81. The maximum absolute atomic E-state index is 12.1. The van der Waals surface area contributed by atoms with Gasteiger partial charge in [-0.25, -0.2) is 0 Å². The molecular formula is C19H22O2. The Morgan fingerprint density at radius 2 is 1.57 bits per heavy atom. The smallest absolute Gasteiger partial charge is 0.137 e. The van der Waals surface area contributed by atoms with Gasteiger partial charge in [0.25, 0.3) is 0 Å². The molecule has 0 spiro atoms. The first-order valence-electron chi connectivity index (χ1n) is 7.28. The Labute approximate surface area is 126 Å². The summed E-state index contributed by atoms with van der Waals surface area (Å²) in [4.78, 5) is 12.1. The van der Waals surface area contributed by atoms with Crippen LogP contribution in [0.5, 0.6) is 5.75 Å². The lowest BCUT2D eigenvalue weighted by Crippen LogP contribution is -2.05. The summed E-state index contributed by atoms with van der Waals surface area (Å²) in [5.41, 5.74) is 4.72. The predicted molar refractivity (Wildman–Crippen MR) is 85.9 cm³/mol. The second-order valence-corrected chi connectivity index (χ2v) is 5.56. The van der Waals surface area contributed by atoms with Gasteiger partial charge in [0, 0.05) is 12.8 Å². The first-order valence-corrected chi connectivity index (χ1v) is 7.28. The molecule has 0 aliphatic carbocycles.